The molecule has 1 aromatic heterocycles. The summed E-state index contributed by atoms with van der Waals surface area (Å²) in [6.45, 7) is 4.10. The van der Waals surface area contributed by atoms with E-state index in [2.05, 4.69) is 71.1 Å². The number of rotatable bonds is 4. The van der Waals surface area contributed by atoms with Gasteiger partial charge in [0, 0.05) is 93.3 Å². The van der Waals surface area contributed by atoms with Crippen molar-refractivity contribution in [3.63, 3.8) is 0 Å². The van der Waals surface area contributed by atoms with E-state index in [1.165, 1.54) is 0 Å². The zero-order valence-electron chi connectivity index (χ0n) is 15.4. The fraction of sp³-hybridized carbons (Fsp3) is 0.0952. The van der Waals surface area contributed by atoms with Gasteiger partial charge in [0.2, 0.25) is 0 Å². The summed E-state index contributed by atoms with van der Waals surface area (Å²) in [6.07, 6.45) is 3.47. The maximum Gasteiger partial charge on any atom is 0.0820 e. The molecule has 2 aromatic carbocycles. The van der Waals surface area contributed by atoms with Gasteiger partial charge < -0.3 is 17.1 Å². The second kappa shape index (κ2) is 13.1. The van der Waals surface area contributed by atoms with E-state index in [0.717, 1.165) is 37.1 Å². The molecule has 3 aromatic rings. The van der Waals surface area contributed by atoms with E-state index in [1.807, 2.05) is 44.2 Å². The van der Waals surface area contributed by atoms with Gasteiger partial charge in [-0.05, 0) is 49.2 Å². The van der Waals surface area contributed by atoms with Crippen molar-refractivity contribution in [3.05, 3.63) is 86.1 Å². The summed E-state index contributed by atoms with van der Waals surface area (Å²) in [6, 6.07) is 19.5. The molecule has 3 rings (SSSR count). The van der Waals surface area contributed by atoms with Crippen LogP contribution in [0, 0.1) is 109 Å². The molecule has 0 saturated heterocycles. The number of benzene rings is 2. The normalized spacial score (nSPS) is 10.7. The van der Waals surface area contributed by atoms with Crippen molar-refractivity contribution < 1.29 is 82.6 Å². The van der Waals surface area contributed by atoms with Crippen LogP contribution in [0.2, 0.25) is 0 Å². The standard InChI is InChI=1S/C21H15Br2N3.2Pr/c1-14-10-17(23)11-15(2)21(14)25-13-20-5-3-4-19(26-20)12-24-18-8-6-16(22)7-9-18;;/h3-7,10-13H,1-2H3;;/q-2;;. The summed E-state index contributed by atoms with van der Waals surface area (Å²) in [5.41, 5.74) is 5.37. The number of aromatic nitrogens is 1. The van der Waals surface area contributed by atoms with Gasteiger partial charge in [-0.15, -0.1) is 0 Å². The molecule has 136 valence electrons. The molecule has 0 aliphatic carbocycles. The van der Waals surface area contributed by atoms with E-state index in [1.54, 1.807) is 12.4 Å². The molecule has 3 nitrogen and oxygen atoms in total. The van der Waals surface area contributed by atoms with Crippen LogP contribution in [0.15, 0.2) is 61.4 Å². The molecule has 0 spiro atoms. The first kappa shape index (κ1) is 26.7. The summed E-state index contributed by atoms with van der Waals surface area (Å²) >= 11 is 6.86. The Bertz CT molecular complexity index is 964. The maximum atomic E-state index is 4.62. The Labute approximate surface area is 249 Å². The zero-order valence-corrected chi connectivity index (χ0v) is 26.0. The van der Waals surface area contributed by atoms with Gasteiger partial charge >= 0.3 is 0 Å². The minimum Gasteiger partial charge on any atom is -0.332 e. The molecule has 0 N–H and O–H groups in total. The van der Waals surface area contributed by atoms with Gasteiger partial charge in [-0.3, -0.25) is 17.1 Å². The van der Waals surface area contributed by atoms with Crippen molar-refractivity contribution in [2.75, 3.05) is 0 Å². The fourth-order valence-electron chi connectivity index (χ4n) is 2.41. The Kier molecular flexibility index (Phi) is 12.5. The Balaban J connectivity index is 0.00000196. The fourth-order valence-corrected chi connectivity index (χ4v) is 3.33. The van der Waals surface area contributed by atoms with Crippen LogP contribution in [-0.4, -0.2) is 17.4 Å². The van der Waals surface area contributed by atoms with Crippen molar-refractivity contribution in [3.8, 4) is 0 Å². The van der Waals surface area contributed by atoms with E-state index >= 15 is 0 Å². The van der Waals surface area contributed by atoms with Gasteiger partial charge in [0.25, 0.3) is 0 Å². The van der Waals surface area contributed by atoms with E-state index in [0.29, 0.717) is 5.69 Å². The van der Waals surface area contributed by atoms with Crippen molar-refractivity contribution in [2.24, 2.45) is 9.98 Å². The number of aliphatic imine (C=N–C) groups is 2. The summed E-state index contributed by atoms with van der Waals surface area (Å²) in [7, 11) is 0. The van der Waals surface area contributed by atoms with Crippen molar-refractivity contribution in [1.82, 2.24) is 4.98 Å². The second-order valence-corrected chi connectivity index (χ2v) is 7.53. The molecule has 0 atom stereocenters. The Hall–Kier alpha value is 0.617. The van der Waals surface area contributed by atoms with Gasteiger partial charge in [-0.1, -0.05) is 22.0 Å². The third-order valence-electron chi connectivity index (χ3n) is 3.59. The van der Waals surface area contributed by atoms with Crippen LogP contribution >= 0.6 is 31.9 Å². The number of nitrogens with zero attached hydrogens (tertiary/aromatic N) is 3. The molecule has 2 radical (unpaired) electrons. The second-order valence-electron chi connectivity index (χ2n) is 5.70. The van der Waals surface area contributed by atoms with Crippen LogP contribution in [0.5, 0.6) is 0 Å². The largest absolute Gasteiger partial charge is 0.332 e. The van der Waals surface area contributed by atoms with E-state index in [9.17, 15) is 0 Å². The molecule has 0 saturated carbocycles. The van der Waals surface area contributed by atoms with E-state index < -0.39 is 0 Å². The Morgan fingerprint density at radius 1 is 0.857 bits per heavy atom. The van der Waals surface area contributed by atoms with Crippen LogP contribution in [0.1, 0.15) is 22.5 Å². The van der Waals surface area contributed by atoms with Crippen LogP contribution < -0.4 is 0 Å². The molecule has 0 aliphatic rings. The first-order chi connectivity index (χ1) is 12.5. The monoisotopic (exact) mass is 749 g/mol. The third kappa shape index (κ3) is 8.04. The first-order valence-corrected chi connectivity index (χ1v) is 9.51. The van der Waals surface area contributed by atoms with Crippen LogP contribution in [0.4, 0.5) is 11.4 Å². The summed E-state index contributed by atoms with van der Waals surface area (Å²) in [5, 5.41) is 0. The third-order valence-corrected chi connectivity index (χ3v) is 4.51. The van der Waals surface area contributed by atoms with Crippen LogP contribution in [0.3, 0.4) is 0 Å². The number of aryl methyl sites for hydroxylation is 2. The zero-order chi connectivity index (χ0) is 18.5. The van der Waals surface area contributed by atoms with Crippen LogP contribution in [0.25, 0.3) is 0 Å². The van der Waals surface area contributed by atoms with E-state index in [-0.39, 0.29) is 82.6 Å². The molecular formula is C21H15Br2N3Pr2-2. The van der Waals surface area contributed by atoms with E-state index in [4.69, 9.17) is 0 Å². The average Bonchev–Trinajstić information content (AvgIpc) is 2.61. The summed E-state index contributed by atoms with van der Waals surface area (Å²) in [5.74, 6) is 0. The summed E-state index contributed by atoms with van der Waals surface area (Å²) in [4.78, 5) is 13.5. The predicted molar refractivity (Wildman–Crippen MR) is 114 cm³/mol. The molecule has 0 unspecified atom stereocenters. The number of hydrogen-bond acceptors (Lipinski definition) is 3. The molecule has 28 heavy (non-hydrogen) atoms. The van der Waals surface area contributed by atoms with Gasteiger partial charge in [-0.25, -0.2) is 25.4 Å². The number of halogens is 2. The average molecular weight is 751 g/mol. The Morgan fingerprint density at radius 3 is 1.96 bits per heavy atom. The molecule has 1 heterocycles. The molecule has 0 aliphatic heterocycles. The first-order valence-electron chi connectivity index (χ1n) is 7.92. The smallest absolute Gasteiger partial charge is 0.0820 e. The number of hydrogen-bond donors (Lipinski definition) is 0. The van der Waals surface area contributed by atoms with Gasteiger partial charge in [0.1, 0.15) is 0 Å². The molecule has 0 fully saturated rings. The van der Waals surface area contributed by atoms with Crippen molar-refractivity contribution in [2.45, 2.75) is 13.8 Å². The predicted octanol–water partition coefficient (Wildman–Crippen LogP) is 6.33. The molecule has 0 amide bonds. The van der Waals surface area contributed by atoms with Crippen molar-refractivity contribution >= 4 is 55.7 Å². The topological polar surface area (TPSA) is 37.6 Å². The maximum absolute atomic E-state index is 4.62. The summed E-state index contributed by atoms with van der Waals surface area (Å²) < 4.78 is 1.98. The molecule has 0 bridgehead atoms. The Morgan fingerprint density at radius 2 is 1.39 bits per heavy atom. The quantitative estimate of drug-likeness (QED) is 0.227. The number of pyridine rings is 1. The minimum atomic E-state index is 0. The minimum absolute atomic E-state index is 0. The molecular weight excluding hydrogens is 736 g/mol. The van der Waals surface area contributed by atoms with Gasteiger partial charge in [-0.2, -0.15) is 5.69 Å². The SMILES string of the molecule is Cc1cc(Br)cc(C)c1N=Cc1cccc(C=Nc2[c-]cc(Br)c[c-]2)n1.[Pr].[Pr]. The van der Waals surface area contributed by atoms with Gasteiger partial charge in [0.15, 0.2) is 0 Å². The van der Waals surface area contributed by atoms with Crippen LogP contribution in [-0.2, 0) is 0 Å². The van der Waals surface area contributed by atoms with Crippen molar-refractivity contribution in [1.29, 1.82) is 0 Å². The molecule has 7 heteroatoms. The van der Waals surface area contributed by atoms with Gasteiger partial charge in [0.05, 0.1) is 23.3 Å².